The van der Waals surface area contributed by atoms with Crippen LogP contribution in [0.15, 0.2) is 35.7 Å². The number of carbonyl (C=O) groups excluding carboxylic acids is 1. The summed E-state index contributed by atoms with van der Waals surface area (Å²) in [5, 5.41) is 0. The minimum Gasteiger partial charge on any atom is -0.338 e. The number of halogens is 6. The van der Waals surface area contributed by atoms with Gasteiger partial charge >= 0.3 is 12.4 Å². The maximum absolute atomic E-state index is 13.0. The maximum atomic E-state index is 13.0. The van der Waals surface area contributed by atoms with Crippen LogP contribution in [0.25, 0.3) is 0 Å². The molecule has 0 N–H and O–H groups in total. The summed E-state index contributed by atoms with van der Waals surface area (Å²) in [5.74, 6) is -0.452. The summed E-state index contributed by atoms with van der Waals surface area (Å²) in [5.41, 5.74) is -3.44. The van der Waals surface area contributed by atoms with E-state index in [9.17, 15) is 39.6 Å². The third kappa shape index (κ3) is 4.49. The van der Waals surface area contributed by atoms with Crippen molar-refractivity contribution in [2.75, 3.05) is 20.1 Å². The highest BCUT2D eigenvalue weighted by molar-refractivity contribution is 7.89. The predicted octanol–water partition coefficient (Wildman–Crippen LogP) is 3.13. The molecule has 156 valence electrons. The van der Waals surface area contributed by atoms with Gasteiger partial charge in [-0.15, -0.1) is 0 Å². The van der Waals surface area contributed by atoms with Gasteiger partial charge in [0.1, 0.15) is 0 Å². The van der Waals surface area contributed by atoms with Gasteiger partial charge in [-0.1, -0.05) is 6.58 Å². The second kappa shape index (κ2) is 7.39. The largest absolute Gasteiger partial charge is 0.416 e. The van der Waals surface area contributed by atoms with Crippen LogP contribution in [0.1, 0.15) is 17.5 Å². The van der Waals surface area contributed by atoms with Crippen molar-refractivity contribution in [3.63, 3.8) is 0 Å². The number of hydrogen-bond acceptors (Lipinski definition) is 3. The van der Waals surface area contributed by atoms with Gasteiger partial charge in [0.05, 0.1) is 16.0 Å². The van der Waals surface area contributed by atoms with Gasteiger partial charge in [0, 0.05) is 26.2 Å². The molecule has 28 heavy (non-hydrogen) atoms. The molecule has 1 aromatic carbocycles. The Labute approximate surface area is 157 Å². The third-order valence-electron chi connectivity index (χ3n) is 4.40. The molecule has 0 saturated carbocycles. The lowest BCUT2D eigenvalue weighted by Crippen LogP contribution is -2.40. The summed E-state index contributed by atoms with van der Waals surface area (Å²) < 4.78 is 104. The number of benzene rings is 1. The number of rotatable bonds is 4. The SMILES string of the molecule is C=CC(=O)N1CC[C@H](N(C)S(=O)(=O)c2cc(C(F)(F)F)cc(C(F)(F)F)c2)C1. The lowest BCUT2D eigenvalue weighted by molar-refractivity contribution is -0.143. The van der Waals surface area contributed by atoms with Gasteiger partial charge in [0.15, 0.2) is 0 Å². The molecule has 0 aliphatic carbocycles. The van der Waals surface area contributed by atoms with Crippen molar-refractivity contribution >= 4 is 15.9 Å². The van der Waals surface area contributed by atoms with E-state index in [4.69, 9.17) is 0 Å². The highest BCUT2D eigenvalue weighted by atomic mass is 32.2. The Hall–Kier alpha value is -2.08. The standard InChI is InChI=1S/C16H16F6N2O3S/c1-3-14(25)24-5-4-12(9-24)23(2)28(26,27)13-7-10(15(17,18)19)6-11(8-13)16(20,21)22/h3,6-8,12H,1,4-5,9H2,2H3/t12-/m0/s1. The van der Waals surface area contributed by atoms with E-state index in [1.165, 1.54) is 4.90 Å². The Morgan fingerprint density at radius 3 is 2.07 bits per heavy atom. The normalized spacial score (nSPS) is 18.6. The predicted molar refractivity (Wildman–Crippen MR) is 86.6 cm³/mol. The number of alkyl halides is 6. The number of nitrogens with zero attached hydrogens (tertiary/aromatic N) is 2. The topological polar surface area (TPSA) is 57.7 Å². The number of likely N-dealkylation sites (N-methyl/N-ethyl adjacent to an activating group) is 1. The molecule has 0 spiro atoms. The highest BCUT2D eigenvalue weighted by Crippen LogP contribution is 2.38. The molecular weight excluding hydrogens is 414 g/mol. The zero-order chi connectivity index (χ0) is 21.5. The van der Waals surface area contributed by atoms with Crippen LogP contribution in [-0.4, -0.2) is 49.7 Å². The molecule has 5 nitrogen and oxygen atoms in total. The minimum absolute atomic E-state index is 0.0499. The van der Waals surface area contributed by atoms with E-state index in [0.29, 0.717) is 4.31 Å². The summed E-state index contributed by atoms with van der Waals surface area (Å²) >= 11 is 0. The summed E-state index contributed by atoms with van der Waals surface area (Å²) in [6.07, 6.45) is -9.12. The first-order valence-corrected chi connectivity index (χ1v) is 9.31. The second-order valence-corrected chi connectivity index (χ2v) is 8.19. The molecule has 1 fully saturated rings. The summed E-state index contributed by atoms with van der Waals surface area (Å²) in [4.78, 5) is 11.8. The molecule has 0 unspecified atom stereocenters. The van der Waals surface area contributed by atoms with Gasteiger partial charge in [-0.05, 0) is 30.7 Å². The Balaban J connectivity index is 2.44. The quantitative estimate of drug-likeness (QED) is 0.545. The molecule has 1 aliphatic rings. The van der Waals surface area contributed by atoms with Gasteiger partial charge in [0.2, 0.25) is 15.9 Å². The Morgan fingerprint density at radius 1 is 1.14 bits per heavy atom. The highest BCUT2D eigenvalue weighted by Gasteiger charge is 2.40. The van der Waals surface area contributed by atoms with Crippen LogP contribution in [0.2, 0.25) is 0 Å². The van der Waals surface area contributed by atoms with E-state index in [1.807, 2.05) is 0 Å². The molecule has 1 saturated heterocycles. The van der Waals surface area contributed by atoms with Crippen molar-refractivity contribution < 1.29 is 39.6 Å². The molecular formula is C16H16F6N2O3S. The van der Waals surface area contributed by atoms with Crippen LogP contribution >= 0.6 is 0 Å². The van der Waals surface area contributed by atoms with Crippen molar-refractivity contribution in [3.05, 3.63) is 42.0 Å². The van der Waals surface area contributed by atoms with Crippen molar-refractivity contribution in [2.24, 2.45) is 0 Å². The molecule has 0 aromatic heterocycles. The van der Waals surface area contributed by atoms with Crippen LogP contribution in [0.3, 0.4) is 0 Å². The Kier molecular flexibility index (Phi) is 5.86. The van der Waals surface area contributed by atoms with Gasteiger partial charge < -0.3 is 4.90 Å². The smallest absolute Gasteiger partial charge is 0.338 e. The first kappa shape index (κ1) is 22.2. The van der Waals surface area contributed by atoms with Crippen LogP contribution in [0.5, 0.6) is 0 Å². The fraction of sp³-hybridized carbons (Fsp3) is 0.438. The number of hydrogen-bond donors (Lipinski definition) is 0. The van der Waals surface area contributed by atoms with E-state index in [-0.39, 0.29) is 37.7 Å². The molecule has 2 rings (SSSR count). The van der Waals surface area contributed by atoms with Crippen molar-refractivity contribution in [1.82, 2.24) is 9.21 Å². The first-order valence-electron chi connectivity index (χ1n) is 7.86. The lowest BCUT2D eigenvalue weighted by atomic mass is 10.1. The van der Waals surface area contributed by atoms with Crippen LogP contribution in [-0.2, 0) is 27.2 Å². The van der Waals surface area contributed by atoms with E-state index < -0.39 is 50.3 Å². The van der Waals surface area contributed by atoms with Crippen molar-refractivity contribution in [1.29, 1.82) is 0 Å². The van der Waals surface area contributed by atoms with E-state index >= 15 is 0 Å². The number of carbonyl (C=O) groups is 1. The van der Waals surface area contributed by atoms with E-state index in [0.717, 1.165) is 13.1 Å². The number of likely N-dealkylation sites (tertiary alicyclic amines) is 1. The molecule has 0 bridgehead atoms. The zero-order valence-corrected chi connectivity index (χ0v) is 15.3. The van der Waals surface area contributed by atoms with Crippen LogP contribution < -0.4 is 0 Å². The lowest BCUT2D eigenvalue weighted by Gasteiger charge is -2.25. The average molecular weight is 430 g/mol. The second-order valence-electron chi connectivity index (χ2n) is 6.19. The molecule has 1 aliphatic heterocycles. The van der Waals surface area contributed by atoms with Gasteiger partial charge in [-0.3, -0.25) is 4.79 Å². The molecule has 1 heterocycles. The van der Waals surface area contributed by atoms with Gasteiger partial charge in [0.25, 0.3) is 0 Å². The van der Waals surface area contributed by atoms with Crippen LogP contribution in [0.4, 0.5) is 26.3 Å². The van der Waals surface area contributed by atoms with Crippen molar-refractivity contribution in [3.8, 4) is 0 Å². The number of amides is 1. The summed E-state index contributed by atoms with van der Waals surface area (Å²) in [6, 6.07) is -0.595. The number of sulfonamides is 1. The summed E-state index contributed by atoms with van der Waals surface area (Å²) in [6.45, 7) is 3.44. The molecule has 1 atom stereocenters. The first-order chi connectivity index (χ1) is 12.7. The molecule has 0 radical (unpaired) electrons. The van der Waals surface area contributed by atoms with E-state index in [2.05, 4.69) is 6.58 Å². The molecule has 1 aromatic rings. The third-order valence-corrected chi connectivity index (χ3v) is 6.29. The monoisotopic (exact) mass is 430 g/mol. The maximum Gasteiger partial charge on any atom is 0.416 e. The van der Waals surface area contributed by atoms with Crippen molar-refractivity contribution in [2.45, 2.75) is 29.7 Å². The van der Waals surface area contributed by atoms with E-state index in [1.54, 1.807) is 0 Å². The fourth-order valence-electron chi connectivity index (χ4n) is 2.81. The zero-order valence-electron chi connectivity index (χ0n) is 14.5. The fourth-order valence-corrected chi connectivity index (χ4v) is 4.25. The Bertz CT molecular complexity index is 847. The average Bonchev–Trinajstić information content (AvgIpc) is 3.08. The minimum atomic E-state index is -5.16. The Morgan fingerprint density at radius 2 is 1.64 bits per heavy atom. The van der Waals surface area contributed by atoms with Crippen LogP contribution in [0, 0.1) is 0 Å². The molecule has 1 amide bonds. The molecule has 12 heteroatoms. The van der Waals surface area contributed by atoms with Gasteiger partial charge in [-0.25, -0.2) is 8.42 Å². The van der Waals surface area contributed by atoms with Gasteiger partial charge in [-0.2, -0.15) is 30.6 Å². The summed E-state index contributed by atoms with van der Waals surface area (Å²) in [7, 11) is -3.62.